The molecular weight excluding hydrogens is 294 g/mol. The van der Waals surface area contributed by atoms with Crippen LogP contribution in [-0.2, 0) is 4.74 Å². The van der Waals surface area contributed by atoms with Gasteiger partial charge in [0.25, 0.3) is 0 Å². The molecule has 2 heteroatoms. The van der Waals surface area contributed by atoms with Gasteiger partial charge in [-0.15, -0.1) is 0 Å². The fourth-order valence-electron chi connectivity index (χ4n) is 6.69. The number of rotatable bonds is 2. The minimum absolute atomic E-state index is 0.570. The van der Waals surface area contributed by atoms with Crippen LogP contribution in [-0.4, -0.2) is 37.7 Å². The van der Waals surface area contributed by atoms with Crippen molar-refractivity contribution in [2.24, 2.45) is 29.6 Å². The molecule has 0 spiro atoms. The first-order valence-electron chi connectivity index (χ1n) is 11.1. The second kappa shape index (κ2) is 8.08. The summed E-state index contributed by atoms with van der Waals surface area (Å²) in [6.07, 6.45) is 18.4. The highest BCUT2D eigenvalue weighted by molar-refractivity contribution is 4.92. The van der Waals surface area contributed by atoms with Gasteiger partial charge in [0.15, 0.2) is 0 Å². The van der Waals surface area contributed by atoms with E-state index in [1.54, 1.807) is 0 Å². The van der Waals surface area contributed by atoms with Crippen molar-refractivity contribution in [1.29, 1.82) is 0 Å². The maximum absolute atomic E-state index is 6.57. The van der Waals surface area contributed by atoms with Crippen LogP contribution in [0.4, 0.5) is 0 Å². The van der Waals surface area contributed by atoms with Crippen molar-refractivity contribution >= 4 is 0 Å². The van der Waals surface area contributed by atoms with E-state index < -0.39 is 0 Å². The smallest absolute Gasteiger partial charge is 0.0646 e. The zero-order chi connectivity index (χ0) is 16.4. The van der Waals surface area contributed by atoms with Crippen molar-refractivity contribution in [3.63, 3.8) is 0 Å². The number of ether oxygens (including phenoxy) is 1. The van der Waals surface area contributed by atoms with Crippen LogP contribution < -0.4 is 0 Å². The standard InChI is InChI=1S/C22H39NO/c1-23-13-14-24-22(18-8-3-2-4-9-18)21(16-23)20-12-11-17-7-5-6-10-19(17)15-20/h17-22H,2-16H2,1H3/t17?,19?,20?,21-,22-/m0/s1. The van der Waals surface area contributed by atoms with Crippen LogP contribution in [0.1, 0.15) is 77.0 Å². The molecule has 0 amide bonds. The van der Waals surface area contributed by atoms with Gasteiger partial charge in [0.2, 0.25) is 0 Å². The maximum atomic E-state index is 6.57. The lowest BCUT2D eigenvalue weighted by Gasteiger charge is -2.45. The maximum Gasteiger partial charge on any atom is 0.0646 e. The number of nitrogens with zero attached hydrogens (tertiary/aromatic N) is 1. The third kappa shape index (κ3) is 3.85. The Morgan fingerprint density at radius 2 is 1.38 bits per heavy atom. The Labute approximate surface area is 149 Å². The second-order valence-corrected chi connectivity index (χ2v) is 9.54. The fourth-order valence-corrected chi connectivity index (χ4v) is 6.69. The van der Waals surface area contributed by atoms with E-state index in [0.717, 1.165) is 42.7 Å². The Morgan fingerprint density at radius 3 is 2.21 bits per heavy atom. The van der Waals surface area contributed by atoms with Crippen molar-refractivity contribution < 1.29 is 4.74 Å². The van der Waals surface area contributed by atoms with Crippen molar-refractivity contribution in [2.75, 3.05) is 26.7 Å². The van der Waals surface area contributed by atoms with E-state index in [2.05, 4.69) is 11.9 Å². The molecule has 1 heterocycles. The van der Waals surface area contributed by atoms with Gasteiger partial charge in [-0.1, -0.05) is 44.9 Å². The monoisotopic (exact) mass is 333 g/mol. The molecule has 0 radical (unpaired) electrons. The molecule has 4 rings (SSSR count). The van der Waals surface area contributed by atoms with E-state index in [-0.39, 0.29) is 0 Å². The molecule has 3 saturated carbocycles. The summed E-state index contributed by atoms with van der Waals surface area (Å²) in [6.45, 7) is 3.40. The molecule has 24 heavy (non-hydrogen) atoms. The number of hydrogen-bond acceptors (Lipinski definition) is 2. The Morgan fingerprint density at radius 1 is 0.708 bits per heavy atom. The molecule has 2 nitrogen and oxygen atoms in total. The number of fused-ring (bicyclic) bond motifs is 1. The molecule has 4 aliphatic rings. The zero-order valence-corrected chi connectivity index (χ0v) is 15.9. The van der Waals surface area contributed by atoms with Crippen LogP contribution in [0, 0.1) is 29.6 Å². The molecule has 1 aliphatic heterocycles. The summed E-state index contributed by atoms with van der Waals surface area (Å²) in [7, 11) is 2.33. The average molecular weight is 334 g/mol. The third-order valence-electron chi connectivity index (χ3n) is 8.03. The van der Waals surface area contributed by atoms with E-state index >= 15 is 0 Å². The largest absolute Gasteiger partial charge is 0.376 e. The Kier molecular flexibility index (Phi) is 5.84. The molecule has 0 aromatic heterocycles. The quantitative estimate of drug-likeness (QED) is 0.695. The molecule has 1 saturated heterocycles. The van der Waals surface area contributed by atoms with Crippen LogP contribution in [0.5, 0.6) is 0 Å². The van der Waals surface area contributed by atoms with E-state index in [4.69, 9.17) is 4.74 Å². The highest BCUT2D eigenvalue weighted by atomic mass is 16.5. The van der Waals surface area contributed by atoms with E-state index in [0.29, 0.717) is 6.10 Å². The summed E-state index contributed by atoms with van der Waals surface area (Å²) < 4.78 is 6.57. The molecule has 3 unspecified atom stereocenters. The van der Waals surface area contributed by atoms with Gasteiger partial charge < -0.3 is 9.64 Å². The van der Waals surface area contributed by atoms with E-state index in [1.807, 2.05) is 0 Å². The summed E-state index contributed by atoms with van der Waals surface area (Å²) in [5.41, 5.74) is 0. The van der Waals surface area contributed by atoms with Crippen molar-refractivity contribution in [2.45, 2.75) is 83.2 Å². The topological polar surface area (TPSA) is 12.5 Å². The lowest BCUT2D eigenvalue weighted by Crippen LogP contribution is -2.43. The van der Waals surface area contributed by atoms with Gasteiger partial charge in [-0.05, 0) is 62.8 Å². The Hall–Kier alpha value is -0.0800. The highest BCUT2D eigenvalue weighted by Crippen LogP contribution is 2.47. The van der Waals surface area contributed by atoms with Crippen LogP contribution in [0.25, 0.3) is 0 Å². The zero-order valence-electron chi connectivity index (χ0n) is 15.9. The number of likely N-dealkylation sites (N-methyl/N-ethyl adjacent to an activating group) is 1. The Balaban J connectivity index is 1.47. The van der Waals surface area contributed by atoms with Crippen molar-refractivity contribution in [3.8, 4) is 0 Å². The first kappa shape index (κ1) is 17.3. The van der Waals surface area contributed by atoms with Gasteiger partial charge in [-0.2, -0.15) is 0 Å². The molecule has 3 aliphatic carbocycles. The molecular formula is C22H39NO. The molecule has 5 atom stereocenters. The first-order chi connectivity index (χ1) is 11.8. The molecule has 0 aromatic rings. The van der Waals surface area contributed by atoms with Gasteiger partial charge in [-0.3, -0.25) is 0 Å². The van der Waals surface area contributed by atoms with Crippen molar-refractivity contribution in [1.82, 2.24) is 4.90 Å². The fraction of sp³-hybridized carbons (Fsp3) is 1.00. The van der Waals surface area contributed by atoms with Gasteiger partial charge in [0, 0.05) is 19.0 Å². The predicted octanol–water partition coefficient (Wildman–Crippen LogP) is 5.12. The first-order valence-corrected chi connectivity index (χ1v) is 11.1. The van der Waals surface area contributed by atoms with Crippen LogP contribution in [0.15, 0.2) is 0 Å². The summed E-state index contributed by atoms with van der Waals surface area (Å²) >= 11 is 0. The second-order valence-electron chi connectivity index (χ2n) is 9.54. The minimum atomic E-state index is 0.570. The van der Waals surface area contributed by atoms with E-state index in [1.165, 1.54) is 83.6 Å². The molecule has 0 bridgehead atoms. The lowest BCUT2D eigenvalue weighted by atomic mass is 9.63. The van der Waals surface area contributed by atoms with Crippen LogP contribution in [0.2, 0.25) is 0 Å². The van der Waals surface area contributed by atoms with Gasteiger partial charge in [-0.25, -0.2) is 0 Å². The summed E-state index contributed by atoms with van der Waals surface area (Å²) in [5, 5.41) is 0. The molecule has 4 fully saturated rings. The van der Waals surface area contributed by atoms with Crippen LogP contribution in [0.3, 0.4) is 0 Å². The molecule has 0 aromatic carbocycles. The van der Waals surface area contributed by atoms with Gasteiger partial charge in [0.05, 0.1) is 12.7 Å². The molecule has 138 valence electrons. The van der Waals surface area contributed by atoms with E-state index in [9.17, 15) is 0 Å². The van der Waals surface area contributed by atoms with Gasteiger partial charge in [0.1, 0.15) is 0 Å². The average Bonchev–Trinajstić information content (AvgIpc) is 2.83. The van der Waals surface area contributed by atoms with Gasteiger partial charge >= 0.3 is 0 Å². The lowest BCUT2D eigenvalue weighted by molar-refractivity contribution is -0.0509. The normalized spacial score (nSPS) is 43.1. The Bertz CT molecular complexity index is 391. The van der Waals surface area contributed by atoms with Crippen molar-refractivity contribution in [3.05, 3.63) is 0 Å². The SMILES string of the molecule is CN1CCO[C@@H](C2CCCCC2)[C@H](C2CCC3CCCCC3C2)C1. The summed E-state index contributed by atoms with van der Waals surface area (Å²) in [4.78, 5) is 2.57. The predicted molar refractivity (Wildman–Crippen MR) is 100 cm³/mol. The molecule has 0 N–H and O–H groups in total. The third-order valence-corrected chi connectivity index (χ3v) is 8.03. The minimum Gasteiger partial charge on any atom is -0.376 e. The summed E-state index contributed by atoms with van der Waals surface area (Å²) in [5.74, 6) is 4.74. The summed E-state index contributed by atoms with van der Waals surface area (Å²) in [6, 6.07) is 0. The highest BCUT2D eigenvalue weighted by Gasteiger charge is 2.42. The number of hydrogen-bond donors (Lipinski definition) is 0. The van der Waals surface area contributed by atoms with Crippen LogP contribution >= 0.6 is 0 Å².